The summed E-state index contributed by atoms with van der Waals surface area (Å²) in [4.78, 5) is 0. The zero-order valence-corrected chi connectivity index (χ0v) is 10.1. The molecule has 1 atom stereocenters. The van der Waals surface area contributed by atoms with Crippen LogP contribution in [0.1, 0.15) is 24.8 Å². The van der Waals surface area contributed by atoms with Gasteiger partial charge in [-0.05, 0) is 43.5 Å². The van der Waals surface area contributed by atoms with Crippen molar-refractivity contribution in [2.24, 2.45) is 0 Å². The van der Waals surface area contributed by atoms with Crippen LogP contribution in [-0.4, -0.2) is 24.8 Å². The number of aliphatic hydroxyl groups is 1. The van der Waals surface area contributed by atoms with Crippen LogP contribution in [0.3, 0.4) is 0 Å². The van der Waals surface area contributed by atoms with Crippen LogP contribution in [0.25, 0.3) is 0 Å². The molecule has 0 aliphatic carbocycles. The van der Waals surface area contributed by atoms with Crippen molar-refractivity contribution in [3.05, 3.63) is 34.9 Å². The van der Waals surface area contributed by atoms with E-state index in [9.17, 15) is 5.11 Å². The summed E-state index contributed by atoms with van der Waals surface area (Å²) >= 11 is 5.91. The molecule has 0 radical (unpaired) electrons. The first-order chi connectivity index (χ1) is 7.77. The highest BCUT2D eigenvalue weighted by molar-refractivity contribution is 6.30. The van der Waals surface area contributed by atoms with E-state index in [2.05, 4.69) is 17.4 Å². The lowest BCUT2D eigenvalue weighted by atomic mass is 9.72. The zero-order valence-electron chi connectivity index (χ0n) is 9.38. The quantitative estimate of drug-likeness (QED) is 0.849. The first-order valence-electron chi connectivity index (χ1n) is 5.84. The molecule has 88 valence electrons. The van der Waals surface area contributed by atoms with E-state index >= 15 is 0 Å². The summed E-state index contributed by atoms with van der Waals surface area (Å²) in [6.45, 7) is 2.28. The molecule has 0 aromatic heterocycles. The van der Waals surface area contributed by atoms with Crippen LogP contribution in [0.15, 0.2) is 24.3 Å². The Labute approximate surface area is 102 Å². The van der Waals surface area contributed by atoms with Gasteiger partial charge >= 0.3 is 0 Å². The van der Waals surface area contributed by atoms with E-state index in [0.29, 0.717) is 0 Å². The van der Waals surface area contributed by atoms with Crippen LogP contribution in [0.5, 0.6) is 0 Å². The summed E-state index contributed by atoms with van der Waals surface area (Å²) in [6.07, 6.45) is 3.13. The summed E-state index contributed by atoms with van der Waals surface area (Å²) in [7, 11) is 0. The van der Waals surface area contributed by atoms with Gasteiger partial charge in [-0.1, -0.05) is 23.7 Å². The lowest BCUT2D eigenvalue weighted by molar-refractivity contribution is 0.207. The first kappa shape index (κ1) is 11.9. The molecule has 1 aliphatic heterocycles. The number of nitrogens with one attached hydrogen (secondary N) is 1. The minimum absolute atomic E-state index is 0.0948. The van der Waals surface area contributed by atoms with Crippen LogP contribution in [0.2, 0.25) is 5.02 Å². The molecule has 2 rings (SSSR count). The molecule has 1 heterocycles. The van der Waals surface area contributed by atoms with Gasteiger partial charge in [0.1, 0.15) is 0 Å². The Hall–Kier alpha value is -0.570. The Morgan fingerprint density at radius 2 is 2.06 bits per heavy atom. The molecule has 0 saturated carbocycles. The fourth-order valence-electron chi connectivity index (χ4n) is 2.59. The summed E-state index contributed by atoms with van der Waals surface area (Å²) in [5.41, 5.74) is 1.38. The third kappa shape index (κ3) is 2.40. The van der Waals surface area contributed by atoms with Gasteiger partial charge in [0.05, 0.1) is 0 Å². The zero-order chi connectivity index (χ0) is 11.4. The highest BCUT2D eigenvalue weighted by atomic mass is 35.5. The van der Waals surface area contributed by atoms with Crippen LogP contribution >= 0.6 is 11.6 Å². The number of aliphatic hydroxyl groups excluding tert-OH is 1. The highest BCUT2D eigenvalue weighted by Crippen LogP contribution is 2.34. The largest absolute Gasteiger partial charge is 0.396 e. The maximum atomic E-state index is 9.25. The molecule has 0 bridgehead atoms. The fourth-order valence-corrected chi connectivity index (χ4v) is 2.72. The second-order valence-electron chi connectivity index (χ2n) is 4.54. The van der Waals surface area contributed by atoms with Gasteiger partial charge in [0.15, 0.2) is 0 Å². The summed E-state index contributed by atoms with van der Waals surface area (Å²) in [5.74, 6) is 0. The SMILES string of the molecule is OCC[C@]1(c2ccc(Cl)cc2)CCCNC1. The molecule has 1 saturated heterocycles. The molecule has 1 fully saturated rings. The van der Waals surface area contributed by atoms with E-state index in [4.69, 9.17) is 11.6 Å². The monoisotopic (exact) mass is 239 g/mol. The Bertz CT molecular complexity index is 325. The molecule has 1 aromatic carbocycles. The molecular formula is C13H18ClNO. The van der Waals surface area contributed by atoms with E-state index in [1.807, 2.05) is 12.1 Å². The van der Waals surface area contributed by atoms with Crippen LogP contribution in [-0.2, 0) is 5.41 Å². The Morgan fingerprint density at radius 1 is 1.31 bits per heavy atom. The maximum absolute atomic E-state index is 9.25. The standard InChI is InChI=1S/C13H18ClNO/c14-12-4-2-11(3-5-12)13(7-9-16)6-1-8-15-10-13/h2-5,15-16H,1,6-10H2/t13-/m1/s1. The normalized spacial score (nSPS) is 25.6. The second-order valence-corrected chi connectivity index (χ2v) is 4.98. The van der Waals surface area contributed by atoms with Crippen molar-refractivity contribution in [1.29, 1.82) is 0 Å². The van der Waals surface area contributed by atoms with E-state index < -0.39 is 0 Å². The molecule has 0 amide bonds. The molecule has 3 heteroatoms. The first-order valence-corrected chi connectivity index (χ1v) is 6.22. The fraction of sp³-hybridized carbons (Fsp3) is 0.538. The summed E-state index contributed by atoms with van der Waals surface area (Å²) in [5, 5.41) is 13.4. The van der Waals surface area contributed by atoms with E-state index in [-0.39, 0.29) is 12.0 Å². The van der Waals surface area contributed by atoms with Crippen molar-refractivity contribution in [3.63, 3.8) is 0 Å². The number of halogens is 1. The third-order valence-corrected chi connectivity index (χ3v) is 3.77. The number of rotatable bonds is 3. The molecule has 1 aromatic rings. The van der Waals surface area contributed by atoms with Crippen molar-refractivity contribution in [2.45, 2.75) is 24.7 Å². The number of piperidine rings is 1. The van der Waals surface area contributed by atoms with Crippen molar-refractivity contribution in [3.8, 4) is 0 Å². The minimum atomic E-state index is 0.0948. The van der Waals surface area contributed by atoms with E-state index in [1.54, 1.807) is 0 Å². The van der Waals surface area contributed by atoms with Gasteiger partial charge in [-0.3, -0.25) is 0 Å². The third-order valence-electron chi connectivity index (χ3n) is 3.52. The Balaban J connectivity index is 2.26. The van der Waals surface area contributed by atoms with Gasteiger partial charge in [0.2, 0.25) is 0 Å². The molecule has 1 aliphatic rings. The van der Waals surface area contributed by atoms with Crippen molar-refractivity contribution in [1.82, 2.24) is 5.32 Å². The molecule has 2 N–H and O–H groups in total. The Morgan fingerprint density at radius 3 is 2.62 bits per heavy atom. The van der Waals surface area contributed by atoms with Crippen LogP contribution < -0.4 is 5.32 Å². The average molecular weight is 240 g/mol. The van der Waals surface area contributed by atoms with E-state index in [1.165, 1.54) is 12.0 Å². The average Bonchev–Trinajstić information content (AvgIpc) is 2.31. The van der Waals surface area contributed by atoms with E-state index in [0.717, 1.165) is 31.0 Å². The second kappa shape index (κ2) is 5.17. The van der Waals surface area contributed by atoms with Gasteiger partial charge in [0, 0.05) is 23.6 Å². The van der Waals surface area contributed by atoms with Gasteiger partial charge in [0.25, 0.3) is 0 Å². The van der Waals surface area contributed by atoms with Crippen LogP contribution in [0.4, 0.5) is 0 Å². The van der Waals surface area contributed by atoms with Crippen LogP contribution in [0, 0.1) is 0 Å². The predicted octanol–water partition coefficient (Wildman–Crippen LogP) is 2.34. The van der Waals surface area contributed by atoms with Crippen molar-refractivity contribution >= 4 is 11.6 Å². The van der Waals surface area contributed by atoms with Gasteiger partial charge in [-0.15, -0.1) is 0 Å². The molecule has 0 unspecified atom stereocenters. The summed E-state index contributed by atoms with van der Waals surface area (Å²) < 4.78 is 0. The lowest BCUT2D eigenvalue weighted by Crippen LogP contribution is -2.44. The van der Waals surface area contributed by atoms with Crippen molar-refractivity contribution in [2.75, 3.05) is 19.7 Å². The van der Waals surface area contributed by atoms with Crippen molar-refractivity contribution < 1.29 is 5.11 Å². The number of benzene rings is 1. The predicted molar refractivity (Wildman–Crippen MR) is 66.9 cm³/mol. The summed E-state index contributed by atoms with van der Waals surface area (Å²) in [6, 6.07) is 8.05. The molecular weight excluding hydrogens is 222 g/mol. The smallest absolute Gasteiger partial charge is 0.0440 e. The minimum Gasteiger partial charge on any atom is -0.396 e. The Kier molecular flexibility index (Phi) is 3.85. The lowest BCUT2D eigenvalue weighted by Gasteiger charge is -2.38. The highest BCUT2D eigenvalue weighted by Gasteiger charge is 2.33. The number of hydrogen-bond acceptors (Lipinski definition) is 2. The number of hydrogen-bond donors (Lipinski definition) is 2. The topological polar surface area (TPSA) is 32.3 Å². The van der Waals surface area contributed by atoms with Gasteiger partial charge in [-0.25, -0.2) is 0 Å². The maximum Gasteiger partial charge on any atom is 0.0440 e. The molecule has 16 heavy (non-hydrogen) atoms. The molecule has 0 spiro atoms. The van der Waals surface area contributed by atoms with Gasteiger partial charge in [-0.2, -0.15) is 0 Å². The molecule has 2 nitrogen and oxygen atoms in total. The van der Waals surface area contributed by atoms with Gasteiger partial charge < -0.3 is 10.4 Å².